The normalized spacial score (nSPS) is 13.4. The number of alkyl halides is 3. The van der Waals surface area contributed by atoms with Crippen molar-refractivity contribution >= 4 is 11.3 Å². The van der Waals surface area contributed by atoms with Crippen molar-refractivity contribution in [3.05, 3.63) is 57.3 Å². The largest absolute Gasteiger partial charge is 0.407 e. The summed E-state index contributed by atoms with van der Waals surface area (Å²) in [5, 5.41) is 2.62. The fourth-order valence-electron chi connectivity index (χ4n) is 2.01. The van der Waals surface area contributed by atoms with E-state index >= 15 is 0 Å². The van der Waals surface area contributed by atoms with E-state index in [0.717, 1.165) is 15.3 Å². The van der Waals surface area contributed by atoms with Crippen molar-refractivity contribution < 1.29 is 13.2 Å². The molecule has 1 aromatic carbocycles. The predicted octanol–water partition coefficient (Wildman–Crippen LogP) is 4.76. The second-order valence-corrected chi connectivity index (χ2v) is 6.06. The molecule has 2 aromatic rings. The minimum Gasteiger partial charge on any atom is -0.298 e. The highest BCUT2D eigenvalue weighted by Gasteiger charge is 2.40. The summed E-state index contributed by atoms with van der Waals surface area (Å²) in [4.78, 5) is 2.07. The highest BCUT2D eigenvalue weighted by Crippen LogP contribution is 2.33. The highest BCUT2D eigenvalue weighted by atomic mass is 32.1. The van der Waals surface area contributed by atoms with Crippen molar-refractivity contribution in [1.82, 2.24) is 5.32 Å². The minimum absolute atomic E-state index is 0.221. The molecular formula is C15H16F3NS. The second-order valence-electron chi connectivity index (χ2n) is 4.72. The van der Waals surface area contributed by atoms with Gasteiger partial charge in [0.25, 0.3) is 0 Å². The van der Waals surface area contributed by atoms with Crippen LogP contribution in [0.5, 0.6) is 0 Å². The second kappa shape index (κ2) is 5.97. The van der Waals surface area contributed by atoms with Crippen molar-refractivity contribution in [2.75, 3.05) is 0 Å². The van der Waals surface area contributed by atoms with Crippen LogP contribution < -0.4 is 5.32 Å². The number of thiophene rings is 1. The molecule has 1 aromatic heterocycles. The van der Waals surface area contributed by atoms with Crippen LogP contribution in [0.1, 0.15) is 26.9 Å². The van der Waals surface area contributed by atoms with Gasteiger partial charge in [-0.3, -0.25) is 5.32 Å². The first kappa shape index (κ1) is 15.1. The Morgan fingerprint density at radius 3 is 2.30 bits per heavy atom. The van der Waals surface area contributed by atoms with Crippen LogP contribution in [0.4, 0.5) is 13.2 Å². The van der Waals surface area contributed by atoms with E-state index in [1.165, 1.54) is 23.5 Å². The zero-order valence-corrected chi connectivity index (χ0v) is 12.1. The van der Waals surface area contributed by atoms with E-state index in [9.17, 15) is 13.2 Å². The third kappa shape index (κ3) is 3.61. The molecule has 1 N–H and O–H groups in total. The SMILES string of the molecule is Cc1cc(CNC(c2ccccc2)C(F)(F)F)sc1C. The molecule has 0 spiro atoms. The summed E-state index contributed by atoms with van der Waals surface area (Å²) in [6.07, 6.45) is -4.30. The summed E-state index contributed by atoms with van der Waals surface area (Å²) >= 11 is 1.53. The minimum atomic E-state index is -4.30. The Kier molecular flexibility index (Phi) is 4.50. The summed E-state index contributed by atoms with van der Waals surface area (Å²) in [7, 11) is 0. The fourth-order valence-corrected chi connectivity index (χ4v) is 3.01. The summed E-state index contributed by atoms with van der Waals surface area (Å²) in [5.74, 6) is 0. The molecule has 5 heteroatoms. The predicted molar refractivity (Wildman–Crippen MR) is 75.9 cm³/mol. The Morgan fingerprint density at radius 2 is 1.80 bits per heavy atom. The van der Waals surface area contributed by atoms with Crippen LogP contribution in [0.15, 0.2) is 36.4 Å². The van der Waals surface area contributed by atoms with Gasteiger partial charge in [0, 0.05) is 16.3 Å². The molecule has 0 saturated heterocycles. The number of hydrogen-bond donors (Lipinski definition) is 1. The maximum Gasteiger partial charge on any atom is 0.407 e. The summed E-state index contributed by atoms with van der Waals surface area (Å²) in [5.41, 5.74) is 1.36. The molecule has 1 unspecified atom stereocenters. The molecule has 2 rings (SSSR count). The Morgan fingerprint density at radius 1 is 1.15 bits per heavy atom. The van der Waals surface area contributed by atoms with Gasteiger partial charge in [0.05, 0.1) is 0 Å². The van der Waals surface area contributed by atoms with E-state index in [2.05, 4.69) is 5.32 Å². The van der Waals surface area contributed by atoms with Gasteiger partial charge in [-0.15, -0.1) is 11.3 Å². The smallest absolute Gasteiger partial charge is 0.298 e. The molecule has 0 aliphatic rings. The molecule has 0 aliphatic carbocycles. The molecule has 0 bridgehead atoms. The van der Waals surface area contributed by atoms with Crippen LogP contribution in [0.3, 0.4) is 0 Å². The van der Waals surface area contributed by atoms with E-state index in [1.807, 2.05) is 19.9 Å². The molecule has 108 valence electrons. The summed E-state index contributed by atoms with van der Waals surface area (Å²) < 4.78 is 39.4. The highest BCUT2D eigenvalue weighted by molar-refractivity contribution is 7.12. The van der Waals surface area contributed by atoms with E-state index in [-0.39, 0.29) is 12.1 Å². The Bertz CT molecular complexity index is 541. The standard InChI is InChI=1S/C15H16F3NS/c1-10-8-13(20-11(10)2)9-19-14(15(16,17)18)12-6-4-3-5-7-12/h3-8,14,19H,9H2,1-2H3. The van der Waals surface area contributed by atoms with Gasteiger partial charge in [-0.1, -0.05) is 30.3 Å². The zero-order valence-electron chi connectivity index (χ0n) is 11.3. The van der Waals surface area contributed by atoms with Crippen LogP contribution in [-0.4, -0.2) is 6.18 Å². The lowest BCUT2D eigenvalue weighted by atomic mass is 10.1. The fraction of sp³-hybridized carbons (Fsp3) is 0.333. The molecule has 0 aliphatic heterocycles. The monoisotopic (exact) mass is 299 g/mol. The number of hydrogen-bond acceptors (Lipinski definition) is 2. The molecule has 0 saturated carbocycles. The van der Waals surface area contributed by atoms with Crippen LogP contribution in [0.25, 0.3) is 0 Å². The van der Waals surface area contributed by atoms with E-state index in [1.54, 1.807) is 18.2 Å². The van der Waals surface area contributed by atoms with Gasteiger partial charge in [0.15, 0.2) is 0 Å². The first-order valence-corrected chi connectivity index (χ1v) is 7.10. The number of nitrogens with one attached hydrogen (secondary N) is 1. The first-order valence-electron chi connectivity index (χ1n) is 6.29. The Labute approximate surface area is 120 Å². The molecule has 0 fully saturated rings. The van der Waals surface area contributed by atoms with Crippen LogP contribution in [0.2, 0.25) is 0 Å². The molecule has 1 heterocycles. The van der Waals surface area contributed by atoms with Gasteiger partial charge in [-0.25, -0.2) is 0 Å². The molecular weight excluding hydrogens is 283 g/mol. The quantitative estimate of drug-likeness (QED) is 0.858. The lowest BCUT2D eigenvalue weighted by Gasteiger charge is -2.21. The maximum atomic E-state index is 13.1. The lowest BCUT2D eigenvalue weighted by Crippen LogP contribution is -2.33. The van der Waals surface area contributed by atoms with Crippen molar-refractivity contribution in [2.45, 2.75) is 32.6 Å². The molecule has 0 radical (unpaired) electrons. The average Bonchev–Trinajstić information content (AvgIpc) is 2.68. The van der Waals surface area contributed by atoms with Crippen molar-refractivity contribution in [3.63, 3.8) is 0 Å². The number of halogens is 3. The van der Waals surface area contributed by atoms with Crippen LogP contribution in [-0.2, 0) is 6.54 Å². The average molecular weight is 299 g/mol. The molecule has 1 nitrogen and oxygen atoms in total. The molecule has 1 atom stereocenters. The molecule has 20 heavy (non-hydrogen) atoms. The third-order valence-electron chi connectivity index (χ3n) is 3.16. The lowest BCUT2D eigenvalue weighted by molar-refractivity contribution is -0.158. The van der Waals surface area contributed by atoms with Crippen molar-refractivity contribution in [3.8, 4) is 0 Å². The van der Waals surface area contributed by atoms with Crippen LogP contribution >= 0.6 is 11.3 Å². The van der Waals surface area contributed by atoms with Gasteiger partial charge in [0.2, 0.25) is 0 Å². The van der Waals surface area contributed by atoms with Gasteiger partial charge >= 0.3 is 6.18 Å². The van der Waals surface area contributed by atoms with Crippen molar-refractivity contribution in [2.24, 2.45) is 0 Å². The Balaban J connectivity index is 2.13. The topological polar surface area (TPSA) is 12.0 Å². The summed E-state index contributed by atoms with van der Waals surface area (Å²) in [6.45, 7) is 4.16. The zero-order chi connectivity index (χ0) is 14.8. The number of rotatable bonds is 4. The summed E-state index contributed by atoms with van der Waals surface area (Å²) in [6, 6.07) is 8.25. The Hall–Kier alpha value is -1.33. The van der Waals surface area contributed by atoms with Gasteiger partial charge in [0.1, 0.15) is 6.04 Å². The first-order chi connectivity index (χ1) is 9.38. The van der Waals surface area contributed by atoms with Gasteiger partial charge in [-0.2, -0.15) is 13.2 Å². The maximum absolute atomic E-state index is 13.1. The van der Waals surface area contributed by atoms with E-state index in [0.29, 0.717) is 0 Å². The van der Waals surface area contributed by atoms with Crippen LogP contribution in [0, 0.1) is 13.8 Å². The molecule has 0 amide bonds. The number of benzene rings is 1. The van der Waals surface area contributed by atoms with E-state index in [4.69, 9.17) is 0 Å². The third-order valence-corrected chi connectivity index (χ3v) is 4.31. The number of aryl methyl sites for hydroxylation is 2. The van der Waals surface area contributed by atoms with Crippen molar-refractivity contribution in [1.29, 1.82) is 0 Å². The van der Waals surface area contributed by atoms with E-state index < -0.39 is 12.2 Å². The van der Waals surface area contributed by atoms with Gasteiger partial charge in [-0.05, 0) is 31.0 Å². The van der Waals surface area contributed by atoms with Gasteiger partial charge < -0.3 is 0 Å².